The number of carbonyl (C=O) groups is 3. The molecule has 1 aromatic carbocycles. The molecule has 1 atom stereocenters. The summed E-state index contributed by atoms with van der Waals surface area (Å²) in [4.78, 5) is 37.2. The number of hydrogen-bond donors (Lipinski definition) is 1. The number of sulfone groups is 1. The average molecular weight is 405 g/mol. The van der Waals surface area contributed by atoms with Crippen LogP contribution in [0.1, 0.15) is 16.8 Å². The lowest BCUT2D eigenvalue weighted by Gasteiger charge is -2.18. The monoisotopic (exact) mass is 404 g/mol. The lowest BCUT2D eigenvalue weighted by atomic mass is 10.1. The highest BCUT2D eigenvalue weighted by molar-refractivity contribution is 7.90. The summed E-state index contributed by atoms with van der Waals surface area (Å²) < 4.78 is 27.6. The number of likely N-dealkylation sites (N-methyl/N-ethyl adjacent to an activating group) is 1. The van der Waals surface area contributed by atoms with E-state index in [9.17, 15) is 22.8 Å². The molecule has 144 valence electrons. The van der Waals surface area contributed by atoms with E-state index in [2.05, 4.69) is 5.32 Å². The molecule has 1 rings (SSSR count). The molecule has 1 aromatic rings. The second-order valence-corrected chi connectivity index (χ2v) is 8.54. The zero-order chi connectivity index (χ0) is 19.9. The first-order chi connectivity index (χ1) is 12.0. The summed E-state index contributed by atoms with van der Waals surface area (Å²) in [5.74, 6) is -2.23. The van der Waals surface area contributed by atoms with Crippen LogP contribution < -0.4 is 5.32 Å². The molecular weight excluding hydrogens is 384 g/mol. The van der Waals surface area contributed by atoms with E-state index in [1.807, 2.05) is 0 Å². The second-order valence-electron chi connectivity index (χ2n) is 5.85. The molecule has 0 aromatic heterocycles. The van der Waals surface area contributed by atoms with E-state index in [-0.39, 0.29) is 17.7 Å². The van der Waals surface area contributed by atoms with Gasteiger partial charge in [0.25, 0.3) is 11.8 Å². The van der Waals surface area contributed by atoms with Crippen molar-refractivity contribution in [2.24, 2.45) is 0 Å². The van der Waals surface area contributed by atoms with Gasteiger partial charge in [-0.2, -0.15) is 0 Å². The Kier molecular flexibility index (Phi) is 8.04. The molecule has 0 spiro atoms. The smallest absolute Gasteiger partial charge is 0.329 e. The van der Waals surface area contributed by atoms with Crippen molar-refractivity contribution in [1.82, 2.24) is 10.2 Å². The lowest BCUT2D eigenvalue weighted by Crippen LogP contribution is -2.44. The summed E-state index contributed by atoms with van der Waals surface area (Å²) >= 11 is 5.76. The summed E-state index contributed by atoms with van der Waals surface area (Å²) in [5, 5.41) is 2.87. The Balaban J connectivity index is 2.82. The van der Waals surface area contributed by atoms with E-state index in [0.29, 0.717) is 5.02 Å². The normalized spacial score (nSPS) is 12.2. The van der Waals surface area contributed by atoms with Crippen LogP contribution in [0.25, 0.3) is 0 Å². The number of nitrogens with zero attached hydrogens (tertiary/aromatic N) is 1. The molecule has 0 heterocycles. The minimum Gasteiger partial charge on any atom is -0.454 e. The molecule has 0 radical (unpaired) electrons. The first kappa shape index (κ1) is 21.9. The van der Waals surface area contributed by atoms with Crippen LogP contribution in [-0.2, 0) is 24.2 Å². The number of ether oxygens (including phenoxy) is 1. The van der Waals surface area contributed by atoms with Crippen LogP contribution in [0.4, 0.5) is 0 Å². The Labute approximate surface area is 157 Å². The van der Waals surface area contributed by atoms with E-state index in [1.54, 1.807) is 0 Å². The van der Waals surface area contributed by atoms with Crippen molar-refractivity contribution < 1.29 is 27.5 Å². The fourth-order valence-electron chi connectivity index (χ4n) is 1.79. The molecule has 0 fully saturated rings. The number of esters is 1. The van der Waals surface area contributed by atoms with Gasteiger partial charge in [0.1, 0.15) is 15.9 Å². The van der Waals surface area contributed by atoms with Gasteiger partial charge in [0.05, 0.1) is 5.75 Å². The van der Waals surface area contributed by atoms with Gasteiger partial charge in [-0.25, -0.2) is 13.2 Å². The number of halogens is 1. The first-order valence-corrected chi connectivity index (χ1v) is 10.0. The van der Waals surface area contributed by atoms with Crippen molar-refractivity contribution in [3.05, 3.63) is 34.9 Å². The van der Waals surface area contributed by atoms with Gasteiger partial charge in [-0.15, -0.1) is 0 Å². The zero-order valence-electron chi connectivity index (χ0n) is 14.7. The van der Waals surface area contributed by atoms with Crippen molar-refractivity contribution in [3.8, 4) is 0 Å². The predicted molar refractivity (Wildman–Crippen MR) is 96.7 cm³/mol. The van der Waals surface area contributed by atoms with Crippen molar-refractivity contribution in [2.45, 2.75) is 12.5 Å². The van der Waals surface area contributed by atoms with Crippen LogP contribution in [0.5, 0.6) is 0 Å². The summed E-state index contributed by atoms with van der Waals surface area (Å²) in [5.41, 5.74) is 0.246. The first-order valence-electron chi connectivity index (χ1n) is 7.60. The fraction of sp³-hybridized carbons (Fsp3) is 0.438. The van der Waals surface area contributed by atoms with Crippen LogP contribution in [0, 0.1) is 0 Å². The van der Waals surface area contributed by atoms with Crippen LogP contribution in [0.2, 0.25) is 5.02 Å². The van der Waals surface area contributed by atoms with Crippen molar-refractivity contribution in [3.63, 3.8) is 0 Å². The molecule has 2 amide bonds. The summed E-state index contributed by atoms with van der Waals surface area (Å²) in [7, 11) is -0.356. The Morgan fingerprint density at radius 3 is 2.27 bits per heavy atom. The number of carbonyl (C=O) groups excluding carboxylic acids is 3. The molecule has 0 saturated carbocycles. The van der Waals surface area contributed by atoms with Crippen LogP contribution in [-0.4, -0.2) is 69.9 Å². The average Bonchev–Trinajstić information content (AvgIpc) is 2.55. The topological polar surface area (TPSA) is 110 Å². The maximum Gasteiger partial charge on any atom is 0.329 e. The van der Waals surface area contributed by atoms with Crippen molar-refractivity contribution >= 4 is 39.2 Å². The third-order valence-corrected chi connectivity index (χ3v) is 4.54. The molecular formula is C16H21ClN2O6S. The Morgan fingerprint density at radius 2 is 1.77 bits per heavy atom. The standard InChI is InChI=1S/C16H21ClN2O6S/c1-19(2)14(20)10-25-16(22)13(8-9-26(3,23)24)18-15(21)11-4-6-12(17)7-5-11/h4-7,13H,8-10H2,1-3H3,(H,18,21)/t13-/m0/s1. The van der Waals surface area contributed by atoms with E-state index in [0.717, 1.165) is 6.26 Å². The number of hydrogen-bond acceptors (Lipinski definition) is 6. The van der Waals surface area contributed by atoms with Crippen LogP contribution >= 0.6 is 11.6 Å². The molecule has 26 heavy (non-hydrogen) atoms. The fourth-order valence-corrected chi connectivity index (χ4v) is 2.58. The number of amides is 2. The van der Waals surface area contributed by atoms with Crippen molar-refractivity contribution in [2.75, 3.05) is 32.7 Å². The predicted octanol–water partition coefficient (Wildman–Crippen LogP) is 0.505. The summed E-state index contributed by atoms with van der Waals surface area (Å²) in [6, 6.07) is 4.74. The molecule has 0 saturated heterocycles. The maximum absolute atomic E-state index is 12.3. The van der Waals surface area contributed by atoms with Crippen LogP contribution in [0.3, 0.4) is 0 Å². The molecule has 0 unspecified atom stereocenters. The largest absolute Gasteiger partial charge is 0.454 e. The SMILES string of the molecule is CN(C)C(=O)COC(=O)[C@H](CCS(C)(=O)=O)NC(=O)c1ccc(Cl)cc1. The van der Waals surface area contributed by atoms with Gasteiger partial charge >= 0.3 is 5.97 Å². The number of rotatable bonds is 8. The van der Waals surface area contributed by atoms with Gasteiger partial charge in [0, 0.05) is 30.9 Å². The minimum atomic E-state index is -3.36. The molecule has 8 nitrogen and oxygen atoms in total. The lowest BCUT2D eigenvalue weighted by molar-refractivity contribution is -0.152. The Morgan fingerprint density at radius 1 is 1.19 bits per heavy atom. The highest BCUT2D eigenvalue weighted by atomic mass is 35.5. The Bertz CT molecular complexity index is 761. The third kappa shape index (κ3) is 7.83. The maximum atomic E-state index is 12.3. The summed E-state index contributed by atoms with van der Waals surface area (Å²) in [6.45, 7) is -0.502. The molecule has 0 bridgehead atoms. The van der Waals surface area contributed by atoms with Gasteiger partial charge in [-0.05, 0) is 30.7 Å². The van der Waals surface area contributed by atoms with Gasteiger partial charge in [-0.1, -0.05) is 11.6 Å². The van der Waals surface area contributed by atoms with E-state index in [4.69, 9.17) is 16.3 Å². The minimum absolute atomic E-state index is 0.173. The zero-order valence-corrected chi connectivity index (χ0v) is 16.3. The number of nitrogens with one attached hydrogen (secondary N) is 1. The molecule has 1 N–H and O–H groups in total. The third-order valence-electron chi connectivity index (χ3n) is 3.31. The highest BCUT2D eigenvalue weighted by Crippen LogP contribution is 2.10. The molecule has 0 aliphatic rings. The highest BCUT2D eigenvalue weighted by Gasteiger charge is 2.25. The number of benzene rings is 1. The molecule has 10 heteroatoms. The summed E-state index contributed by atoms with van der Waals surface area (Å²) in [6.07, 6.45) is 0.846. The molecule has 0 aliphatic carbocycles. The quantitative estimate of drug-likeness (QED) is 0.632. The second kappa shape index (κ2) is 9.54. The molecule has 0 aliphatic heterocycles. The van der Waals surface area contributed by atoms with Crippen LogP contribution in [0.15, 0.2) is 24.3 Å². The van der Waals surface area contributed by atoms with E-state index in [1.165, 1.54) is 43.3 Å². The van der Waals surface area contributed by atoms with Gasteiger partial charge in [0.2, 0.25) is 0 Å². The van der Waals surface area contributed by atoms with Gasteiger partial charge in [0.15, 0.2) is 6.61 Å². The Hall–Kier alpha value is -2.13. The van der Waals surface area contributed by atoms with E-state index < -0.39 is 40.3 Å². The van der Waals surface area contributed by atoms with Gasteiger partial charge < -0.3 is 15.0 Å². The van der Waals surface area contributed by atoms with Gasteiger partial charge in [-0.3, -0.25) is 9.59 Å². The van der Waals surface area contributed by atoms with E-state index >= 15 is 0 Å². The van der Waals surface area contributed by atoms with Crippen molar-refractivity contribution in [1.29, 1.82) is 0 Å².